The van der Waals surface area contributed by atoms with Crippen LogP contribution in [0.3, 0.4) is 0 Å². The molecule has 160 valence electrons. The lowest BCUT2D eigenvalue weighted by atomic mass is 9.91. The van der Waals surface area contributed by atoms with Crippen LogP contribution in [0.2, 0.25) is 0 Å². The predicted octanol–water partition coefficient (Wildman–Crippen LogP) is 1.06. The van der Waals surface area contributed by atoms with Crippen LogP contribution in [0.25, 0.3) is 0 Å². The number of esters is 1. The van der Waals surface area contributed by atoms with Gasteiger partial charge in [-0.05, 0) is 18.9 Å². The quantitative estimate of drug-likeness (QED) is 0.647. The average molecular weight is 414 g/mol. The summed E-state index contributed by atoms with van der Waals surface area (Å²) in [6.07, 6.45) is 2.05. The Hall–Kier alpha value is -2.56. The van der Waals surface area contributed by atoms with E-state index in [-0.39, 0.29) is 24.6 Å². The van der Waals surface area contributed by atoms with Gasteiger partial charge >= 0.3 is 12.5 Å². The molecule has 2 aliphatic rings. The van der Waals surface area contributed by atoms with Crippen molar-refractivity contribution < 1.29 is 32.6 Å². The molecule has 1 aromatic heterocycles. The van der Waals surface area contributed by atoms with Crippen LogP contribution < -0.4 is 0 Å². The summed E-state index contributed by atoms with van der Waals surface area (Å²) in [6, 6.07) is 1.22. The minimum atomic E-state index is -2.86. The maximum absolute atomic E-state index is 13.0. The van der Waals surface area contributed by atoms with Gasteiger partial charge in [0.1, 0.15) is 6.61 Å². The molecule has 0 aromatic carbocycles. The number of carbonyl (C=O) groups excluding carboxylic acids is 3. The molecule has 1 atom stereocenters. The van der Waals surface area contributed by atoms with Crippen LogP contribution in [0.5, 0.6) is 0 Å². The summed E-state index contributed by atoms with van der Waals surface area (Å²) in [5.41, 5.74) is -1.18. The van der Waals surface area contributed by atoms with Crippen molar-refractivity contribution in [1.29, 1.82) is 0 Å². The Kier molecular flexibility index (Phi) is 6.46. The standard InChI is InChI=1S/C18H24F2N4O5/c1-13(25)29-12-18(11-15(26)22-7-9-28-10-8-22)4-2-5-23(18)16(27)14-3-6-24(21-14)17(19)20/h3,6,17H,2,4-5,7-12H2,1H3. The molecule has 0 saturated carbocycles. The molecule has 0 N–H and O–H groups in total. The van der Waals surface area contributed by atoms with E-state index in [4.69, 9.17) is 9.47 Å². The largest absolute Gasteiger partial charge is 0.463 e. The van der Waals surface area contributed by atoms with E-state index in [0.717, 1.165) is 6.20 Å². The fraction of sp³-hybridized carbons (Fsp3) is 0.667. The highest BCUT2D eigenvalue weighted by Gasteiger charge is 2.47. The summed E-state index contributed by atoms with van der Waals surface area (Å²) in [5.74, 6) is -1.26. The lowest BCUT2D eigenvalue weighted by Crippen LogP contribution is -2.54. The molecular formula is C18H24F2N4O5. The zero-order valence-electron chi connectivity index (χ0n) is 16.2. The van der Waals surface area contributed by atoms with Crippen molar-refractivity contribution in [2.75, 3.05) is 39.5 Å². The van der Waals surface area contributed by atoms with Gasteiger partial charge in [-0.2, -0.15) is 13.9 Å². The molecule has 1 unspecified atom stereocenters. The lowest BCUT2D eigenvalue weighted by Gasteiger charge is -2.39. The van der Waals surface area contributed by atoms with Gasteiger partial charge in [0.15, 0.2) is 5.69 Å². The van der Waals surface area contributed by atoms with Crippen LogP contribution in [0.15, 0.2) is 12.3 Å². The number of alkyl halides is 2. The SMILES string of the molecule is CC(=O)OCC1(CC(=O)N2CCOCC2)CCCN1C(=O)c1ccn(C(F)F)n1. The van der Waals surface area contributed by atoms with E-state index in [2.05, 4.69) is 5.10 Å². The minimum absolute atomic E-state index is 0.0262. The number of hydrogen-bond donors (Lipinski definition) is 0. The molecule has 2 amide bonds. The van der Waals surface area contributed by atoms with E-state index >= 15 is 0 Å². The number of ether oxygens (including phenoxy) is 2. The van der Waals surface area contributed by atoms with Gasteiger partial charge < -0.3 is 19.3 Å². The maximum atomic E-state index is 13.0. The highest BCUT2D eigenvalue weighted by atomic mass is 19.3. The molecule has 0 aliphatic carbocycles. The molecule has 11 heteroatoms. The molecule has 0 bridgehead atoms. The zero-order chi connectivity index (χ0) is 21.0. The predicted molar refractivity (Wildman–Crippen MR) is 95.1 cm³/mol. The Balaban J connectivity index is 1.83. The zero-order valence-corrected chi connectivity index (χ0v) is 16.2. The third-order valence-corrected chi connectivity index (χ3v) is 5.26. The van der Waals surface area contributed by atoms with E-state index in [1.807, 2.05) is 0 Å². The van der Waals surface area contributed by atoms with Crippen LogP contribution in [0, 0.1) is 0 Å². The van der Waals surface area contributed by atoms with E-state index in [1.54, 1.807) is 4.90 Å². The molecule has 3 rings (SSSR count). The van der Waals surface area contributed by atoms with E-state index in [0.29, 0.717) is 50.4 Å². The average Bonchev–Trinajstić information content (AvgIpc) is 3.35. The van der Waals surface area contributed by atoms with E-state index in [9.17, 15) is 23.2 Å². The third kappa shape index (κ3) is 4.72. The molecule has 2 saturated heterocycles. The number of hydrogen-bond acceptors (Lipinski definition) is 6. The fourth-order valence-electron chi connectivity index (χ4n) is 3.78. The van der Waals surface area contributed by atoms with Crippen LogP contribution in [0.4, 0.5) is 8.78 Å². The van der Waals surface area contributed by atoms with Crippen molar-refractivity contribution in [3.05, 3.63) is 18.0 Å². The summed E-state index contributed by atoms with van der Waals surface area (Å²) in [5, 5.41) is 3.64. The first-order valence-electron chi connectivity index (χ1n) is 9.46. The normalized spacial score (nSPS) is 22.2. The first-order valence-corrected chi connectivity index (χ1v) is 9.46. The molecule has 9 nitrogen and oxygen atoms in total. The van der Waals surface area contributed by atoms with Crippen LogP contribution in [-0.2, 0) is 19.1 Å². The van der Waals surface area contributed by atoms with Crippen LogP contribution in [-0.4, -0.2) is 82.4 Å². The van der Waals surface area contributed by atoms with Crippen molar-refractivity contribution >= 4 is 17.8 Å². The number of rotatable bonds is 6. The molecule has 2 aliphatic heterocycles. The maximum Gasteiger partial charge on any atom is 0.333 e. The number of aromatic nitrogens is 2. The first-order chi connectivity index (χ1) is 13.8. The van der Waals surface area contributed by atoms with E-state index in [1.165, 1.54) is 17.9 Å². The van der Waals surface area contributed by atoms with Gasteiger partial charge in [0.2, 0.25) is 5.91 Å². The molecule has 2 fully saturated rings. The Labute approximate surface area is 166 Å². The summed E-state index contributed by atoms with van der Waals surface area (Å²) >= 11 is 0. The van der Waals surface area contributed by atoms with Gasteiger partial charge in [-0.15, -0.1) is 0 Å². The smallest absolute Gasteiger partial charge is 0.333 e. The second-order valence-electron chi connectivity index (χ2n) is 7.19. The molecule has 0 radical (unpaired) electrons. The number of amides is 2. The third-order valence-electron chi connectivity index (χ3n) is 5.26. The van der Waals surface area contributed by atoms with Crippen molar-refractivity contribution in [2.45, 2.75) is 38.3 Å². The van der Waals surface area contributed by atoms with Crippen molar-refractivity contribution in [3.63, 3.8) is 0 Å². The van der Waals surface area contributed by atoms with Crippen LogP contribution in [0.1, 0.15) is 43.2 Å². The summed E-state index contributed by atoms with van der Waals surface area (Å²) < 4.78 is 36.5. The van der Waals surface area contributed by atoms with Crippen molar-refractivity contribution in [3.8, 4) is 0 Å². The summed E-state index contributed by atoms with van der Waals surface area (Å²) in [7, 11) is 0. The minimum Gasteiger partial charge on any atom is -0.463 e. The van der Waals surface area contributed by atoms with Crippen molar-refractivity contribution in [2.24, 2.45) is 0 Å². The monoisotopic (exact) mass is 414 g/mol. The molecule has 0 spiro atoms. The number of halogens is 2. The van der Waals surface area contributed by atoms with E-state index < -0.39 is 24.0 Å². The van der Waals surface area contributed by atoms with Gasteiger partial charge in [-0.25, -0.2) is 4.68 Å². The lowest BCUT2D eigenvalue weighted by molar-refractivity contribution is -0.148. The Morgan fingerprint density at radius 1 is 1.28 bits per heavy atom. The van der Waals surface area contributed by atoms with Gasteiger partial charge in [-0.3, -0.25) is 14.4 Å². The Morgan fingerprint density at radius 2 is 2.00 bits per heavy atom. The van der Waals surface area contributed by atoms with Gasteiger partial charge in [0.05, 0.1) is 25.2 Å². The fourth-order valence-corrected chi connectivity index (χ4v) is 3.78. The second kappa shape index (κ2) is 8.85. The summed E-state index contributed by atoms with van der Waals surface area (Å²) in [4.78, 5) is 40.4. The number of likely N-dealkylation sites (tertiary alicyclic amines) is 1. The Morgan fingerprint density at radius 3 is 2.62 bits per heavy atom. The highest BCUT2D eigenvalue weighted by Crippen LogP contribution is 2.35. The second-order valence-corrected chi connectivity index (χ2v) is 7.19. The van der Waals surface area contributed by atoms with Crippen LogP contribution >= 0.6 is 0 Å². The topological polar surface area (TPSA) is 94.0 Å². The number of carbonyl (C=O) groups is 3. The number of nitrogens with zero attached hydrogens (tertiary/aromatic N) is 4. The van der Waals surface area contributed by atoms with Gasteiger partial charge in [0.25, 0.3) is 5.91 Å². The first kappa shape index (κ1) is 21.2. The molecular weight excluding hydrogens is 390 g/mol. The molecule has 1 aromatic rings. The summed E-state index contributed by atoms with van der Waals surface area (Å²) in [6.45, 7) is 0.363. The van der Waals surface area contributed by atoms with Gasteiger partial charge in [-0.1, -0.05) is 0 Å². The van der Waals surface area contributed by atoms with Crippen molar-refractivity contribution in [1.82, 2.24) is 19.6 Å². The highest BCUT2D eigenvalue weighted by molar-refractivity contribution is 5.93. The number of morpholine rings is 1. The van der Waals surface area contributed by atoms with Gasteiger partial charge in [0, 0.05) is 32.8 Å². The molecule has 3 heterocycles. The Bertz CT molecular complexity index is 765. The molecule has 29 heavy (non-hydrogen) atoms.